The molecule has 0 atom stereocenters. The Balaban J connectivity index is 2.28. The van der Waals surface area contributed by atoms with Crippen LogP contribution in [0.3, 0.4) is 0 Å². The summed E-state index contributed by atoms with van der Waals surface area (Å²) >= 11 is 2.20. The second-order valence-corrected chi connectivity index (χ2v) is 5.66. The number of rotatable bonds is 3. The zero-order valence-corrected chi connectivity index (χ0v) is 13.4. The average molecular weight is 394 g/mol. The van der Waals surface area contributed by atoms with E-state index < -0.39 is 11.7 Å². The van der Waals surface area contributed by atoms with E-state index in [0.717, 1.165) is 21.6 Å². The fraction of sp³-hybridized carbons (Fsp3) is 0.125. The molecule has 0 spiro atoms. The monoisotopic (exact) mass is 394 g/mol. The Hall–Kier alpha value is -1.94. The van der Waals surface area contributed by atoms with E-state index in [9.17, 15) is 9.18 Å². The molecule has 0 bridgehead atoms. The van der Waals surface area contributed by atoms with Gasteiger partial charge in [-0.1, -0.05) is 6.92 Å². The van der Waals surface area contributed by atoms with Crippen LogP contribution >= 0.6 is 22.6 Å². The third-order valence-electron chi connectivity index (χ3n) is 3.04. The van der Waals surface area contributed by atoms with E-state index in [0.29, 0.717) is 5.69 Å². The number of hydrogen-bond donors (Lipinski definition) is 1. The van der Waals surface area contributed by atoms with Crippen LogP contribution in [0.5, 0.6) is 0 Å². The van der Waals surface area contributed by atoms with Crippen molar-refractivity contribution in [2.75, 3.05) is 5.32 Å². The Morgan fingerprint density at radius 3 is 2.71 bits per heavy atom. The second kappa shape index (κ2) is 6.68. The van der Waals surface area contributed by atoms with Crippen LogP contribution in [0.1, 0.15) is 28.4 Å². The van der Waals surface area contributed by atoms with Gasteiger partial charge in [-0.15, -0.1) is 0 Å². The van der Waals surface area contributed by atoms with E-state index >= 15 is 0 Å². The number of amides is 1. The molecule has 1 N–H and O–H groups in total. The molecule has 106 valence electrons. The highest BCUT2D eigenvalue weighted by Gasteiger charge is 2.14. The van der Waals surface area contributed by atoms with Gasteiger partial charge in [0, 0.05) is 9.26 Å². The summed E-state index contributed by atoms with van der Waals surface area (Å²) in [4.78, 5) is 12.2. The van der Waals surface area contributed by atoms with Crippen molar-refractivity contribution in [3.8, 4) is 6.07 Å². The van der Waals surface area contributed by atoms with Crippen molar-refractivity contribution in [2.45, 2.75) is 13.3 Å². The summed E-state index contributed by atoms with van der Waals surface area (Å²) < 4.78 is 14.9. The van der Waals surface area contributed by atoms with Gasteiger partial charge < -0.3 is 5.32 Å². The molecular weight excluding hydrogens is 382 g/mol. The molecule has 2 rings (SSSR count). The first-order valence-corrected chi connectivity index (χ1v) is 7.42. The number of anilines is 1. The molecule has 0 fully saturated rings. The SMILES string of the molecule is CCc1cc(I)ccc1NC(=O)c1ccc(C#N)cc1F. The average Bonchev–Trinajstić information content (AvgIpc) is 2.48. The fourth-order valence-electron chi connectivity index (χ4n) is 1.94. The summed E-state index contributed by atoms with van der Waals surface area (Å²) in [6.45, 7) is 1.99. The molecule has 0 aliphatic heterocycles. The largest absolute Gasteiger partial charge is 0.322 e. The first-order valence-electron chi connectivity index (χ1n) is 6.34. The van der Waals surface area contributed by atoms with E-state index in [4.69, 9.17) is 5.26 Å². The van der Waals surface area contributed by atoms with Crippen LogP contribution in [0.25, 0.3) is 0 Å². The minimum atomic E-state index is -0.699. The van der Waals surface area contributed by atoms with Crippen LogP contribution in [0, 0.1) is 20.7 Å². The number of benzene rings is 2. The van der Waals surface area contributed by atoms with Gasteiger partial charge >= 0.3 is 0 Å². The molecule has 0 heterocycles. The summed E-state index contributed by atoms with van der Waals surface area (Å²) in [7, 11) is 0. The molecule has 0 aliphatic rings. The van der Waals surface area contributed by atoms with Gasteiger partial charge in [0.15, 0.2) is 0 Å². The van der Waals surface area contributed by atoms with Gasteiger partial charge in [-0.2, -0.15) is 5.26 Å². The molecule has 0 saturated heterocycles. The number of carbonyl (C=O) groups excluding carboxylic acids is 1. The molecule has 0 aliphatic carbocycles. The molecule has 2 aromatic carbocycles. The molecular formula is C16H12FIN2O. The van der Waals surface area contributed by atoms with Gasteiger partial charge in [-0.25, -0.2) is 4.39 Å². The fourth-order valence-corrected chi connectivity index (χ4v) is 2.49. The van der Waals surface area contributed by atoms with Crippen molar-refractivity contribution < 1.29 is 9.18 Å². The molecule has 0 unspecified atom stereocenters. The minimum Gasteiger partial charge on any atom is -0.322 e. The minimum absolute atomic E-state index is 0.0744. The summed E-state index contributed by atoms with van der Waals surface area (Å²) in [5.74, 6) is -1.22. The van der Waals surface area contributed by atoms with E-state index in [-0.39, 0.29) is 11.1 Å². The third kappa shape index (κ3) is 3.58. The second-order valence-electron chi connectivity index (χ2n) is 4.42. The van der Waals surface area contributed by atoms with Gasteiger partial charge in [-0.05, 0) is 71.0 Å². The van der Waals surface area contributed by atoms with E-state index in [2.05, 4.69) is 27.9 Å². The Kier molecular flexibility index (Phi) is 4.91. The molecule has 1 amide bonds. The lowest BCUT2D eigenvalue weighted by Gasteiger charge is -2.11. The van der Waals surface area contributed by atoms with Gasteiger partial charge in [0.2, 0.25) is 0 Å². The molecule has 5 heteroatoms. The first-order chi connectivity index (χ1) is 10.0. The van der Waals surface area contributed by atoms with E-state index in [1.807, 2.05) is 25.1 Å². The van der Waals surface area contributed by atoms with Gasteiger partial charge in [0.25, 0.3) is 5.91 Å². The van der Waals surface area contributed by atoms with Crippen LogP contribution in [0.4, 0.5) is 10.1 Å². The smallest absolute Gasteiger partial charge is 0.258 e. The van der Waals surface area contributed by atoms with Crippen molar-refractivity contribution in [3.63, 3.8) is 0 Å². The maximum Gasteiger partial charge on any atom is 0.258 e. The number of nitriles is 1. The van der Waals surface area contributed by atoms with Crippen LogP contribution in [0.2, 0.25) is 0 Å². The summed E-state index contributed by atoms with van der Waals surface area (Å²) in [6, 6.07) is 11.3. The normalized spacial score (nSPS) is 10.0. The van der Waals surface area contributed by atoms with E-state index in [1.165, 1.54) is 12.1 Å². The van der Waals surface area contributed by atoms with Crippen molar-refractivity contribution in [1.29, 1.82) is 5.26 Å². The van der Waals surface area contributed by atoms with Gasteiger partial charge in [0.05, 0.1) is 17.2 Å². The van der Waals surface area contributed by atoms with Gasteiger partial charge in [-0.3, -0.25) is 4.79 Å². The molecule has 2 aromatic rings. The highest BCUT2D eigenvalue weighted by Crippen LogP contribution is 2.21. The zero-order chi connectivity index (χ0) is 15.4. The maximum absolute atomic E-state index is 13.8. The topological polar surface area (TPSA) is 52.9 Å². The predicted octanol–water partition coefficient (Wildman–Crippen LogP) is 4.12. The molecule has 21 heavy (non-hydrogen) atoms. The Bertz CT molecular complexity index is 738. The first kappa shape index (κ1) is 15.4. The van der Waals surface area contributed by atoms with Crippen molar-refractivity contribution in [1.82, 2.24) is 0 Å². The van der Waals surface area contributed by atoms with E-state index in [1.54, 1.807) is 6.07 Å². The molecule has 0 aromatic heterocycles. The standard InChI is InChI=1S/C16H12FIN2O/c1-2-11-8-12(18)4-6-15(11)20-16(21)13-5-3-10(9-19)7-14(13)17/h3-8H,2H2,1H3,(H,20,21). The quantitative estimate of drug-likeness (QED) is 0.797. The molecule has 0 saturated carbocycles. The number of nitrogens with one attached hydrogen (secondary N) is 1. The highest BCUT2D eigenvalue weighted by molar-refractivity contribution is 14.1. The lowest BCUT2D eigenvalue weighted by atomic mass is 10.1. The summed E-state index contributed by atoms with van der Waals surface area (Å²) in [6.07, 6.45) is 0.766. The summed E-state index contributed by atoms with van der Waals surface area (Å²) in [5.41, 5.74) is 1.78. The highest BCUT2D eigenvalue weighted by atomic mass is 127. The van der Waals surface area contributed by atoms with Gasteiger partial charge in [0.1, 0.15) is 5.82 Å². The van der Waals surface area contributed by atoms with Crippen molar-refractivity contribution in [3.05, 3.63) is 62.5 Å². The lowest BCUT2D eigenvalue weighted by Crippen LogP contribution is -2.15. The number of carbonyl (C=O) groups is 1. The van der Waals surface area contributed by atoms with Crippen LogP contribution in [0.15, 0.2) is 36.4 Å². The number of aryl methyl sites for hydroxylation is 1. The zero-order valence-electron chi connectivity index (χ0n) is 11.3. The van der Waals surface area contributed by atoms with Crippen LogP contribution < -0.4 is 5.32 Å². The number of nitrogens with zero attached hydrogens (tertiary/aromatic N) is 1. The third-order valence-corrected chi connectivity index (χ3v) is 3.71. The van der Waals surface area contributed by atoms with Crippen LogP contribution in [-0.2, 0) is 6.42 Å². The lowest BCUT2D eigenvalue weighted by molar-refractivity contribution is 0.102. The Morgan fingerprint density at radius 2 is 2.10 bits per heavy atom. The Morgan fingerprint density at radius 1 is 1.33 bits per heavy atom. The molecule has 3 nitrogen and oxygen atoms in total. The van der Waals surface area contributed by atoms with Crippen LogP contribution in [-0.4, -0.2) is 5.91 Å². The summed E-state index contributed by atoms with van der Waals surface area (Å²) in [5, 5.41) is 11.4. The molecule has 0 radical (unpaired) electrons. The Labute approximate surface area is 135 Å². The predicted molar refractivity (Wildman–Crippen MR) is 87.6 cm³/mol. The number of halogens is 2. The van der Waals surface area contributed by atoms with Crippen molar-refractivity contribution >= 4 is 34.2 Å². The number of hydrogen-bond acceptors (Lipinski definition) is 2. The van der Waals surface area contributed by atoms with Crippen molar-refractivity contribution in [2.24, 2.45) is 0 Å². The maximum atomic E-state index is 13.8.